The van der Waals surface area contributed by atoms with Crippen LogP contribution in [0.15, 0.2) is 0 Å². The number of rotatable bonds is 0. The van der Waals surface area contributed by atoms with Crippen molar-refractivity contribution >= 4 is 34.1 Å². The molecular formula is C10CrMn2O10Se2-2. The average molecular weight is 600 g/mol. The second kappa shape index (κ2) is 118000000. The van der Waals surface area contributed by atoms with Crippen molar-refractivity contribution in [1.82, 2.24) is 0 Å². The largest absolute Gasteiger partial charge is 1.00 e. The molecule has 0 unspecified atom stereocenters. The molecule has 0 aliphatic rings. The summed E-state index contributed by atoms with van der Waals surface area (Å²) in [6.45, 7) is 45.0. The Morgan fingerprint density at radius 2 is 0.240 bits per heavy atom. The fourth-order valence-electron chi connectivity index (χ4n) is 0. The molecule has 0 heterocycles. The first-order chi connectivity index (χ1) is 10.0. The van der Waals surface area contributed by atoms with Crippen molar-refractivity contribution in [3.8, 4) is 0 Å². The van der Waals surface area contributed by atoms with E-state index in [-0.39, 0.29) is 85.6 Å². The van der Waals surface area contributed by atoms with Crippen LogP contribution in [0.1, 0.15) is 0 Å². The minimum absolute atomic E-state index is 0. The van der Waals surface area contributed by atoms with Gasteiger partial charge in [0.1, 0.15) is 0 Å². The Morgan fingerprint density at radius 3 is 0.240 bits per heavy atom. The van der Waals surface area contributed by atoms with Gasteiger partial charge in [-0.25, -0.2) is 0 Å². The first-order valence-electron chi connectivity index (χ1n) is 2.04. The number of hydrogen-bond acceptors (Lipinski definition) is 0. The van der Waals surface area contributed by atoms with Gasteiger partial charge in [0.05, 0.1) is 0 Å². The van der Waals surface area contributed by atoms with E-state index in [0.717, 1.165) is 0 Å². The van der Waals surface area contributed by atoms with E-state index in [1.807, 2.05) is 0 Å². The second-order valence-electron chi connectivity index (χ2n) is 0. The van der Waals surface area contributed by atoms with Gasteiger partial charge in [-0.15, -0.1) is 0 Å². The third kappa shape index (κ3) is 108000000. The van der Waals surface area contributed by atoms with Crippen molar-refractivity contribution in [3.05, 3.63) is 66.5 Å². The van der Waals surface area contributed by atoms with Crippen LogP contribution in [0.2, 0.25) is 0 Å². The molecule has 15 heteroatoms. The molecule has 0 amide bonds. The Kier molecular flexibility index (Phi) is 678000000. The van der Waals surface area contributed by atoms with Crippen LogP contribution in [0, 0.1) is 66.5 Å². The molecule has 0 spiro atoms. The predicted molar refractivity (Wildman–Crippen MR) is 50.8 cm³/mol. The van der Waals surface area contributed by atoms with Gasteiger partial charge in [0, 0.05) is 51.5 Å². The van der Waals surface area contributed by atoms with Crippen LogP contribution < -0.4 is 0 Å². The zero-order chi connectivity index (χ0) is 20.0. The van der Waals surface area contributed by atoms with Crippen LogP contribution in [0.25, 0.3) is 0 Å². The summed E-state index contributed by atoms with van der Waals surface area (Å²) in [7, 11) is 0. The fourth-order valence-corrected chi connectivity index (χ4v) is 0. The van der Waals surface area contributed by atoms with Crippen LogP contribution in [0.5, 0.6) is 0 Å². The molecule has 0 saturated carbocycles. The van der Waals surface area contributed by atoms with E-state index in [1.165, 1.54) is 0 Å². The molecule has 10 nitrogen and oxygen atoms in total. The molecular weight excluding hydrogens is 600 g/mol. The van der Waals surface area contributed by atoms with Gasteiger partial charge in [-0.05, 0) is 0 Å². The molecule has 4 radical (unpaired) electrons. The molecule has 0 aliphatic carbocycles. The first kappa shape index (κ1) is 144. The van der Waals surface area contributed by atoms with E-state index in [4.69, 9.17) is 46.5 Å². The predicted octanol–water partition coefficient (Wildman–Crippen LogP) is -1.14. The zero-order valence-corrected chi connectivity index (χ0v) is 18.1. The molecule has 0 saturated heterocycles. The van der Waals surface area contributed by atoms with E-state index >= 15 is 0 Å². The van der Waals surface area contributed by atoms with Crippen molar-refractivity contribution in [3.63, 3.8) is 0 Å². The monoisotopic (exact) mass is 602 g/mol. The van der Waals surface area contributed by atoms with Crippen molar-refractivity contribution in [2.45, 2.75) is 0 Å². The van der Waals surface area contributed by atoms with Crippen LogP contribution in [0.4, 0.5) is 0 Å². The van der Waals surface area contributed by atoms with Gasteiger partial charge in [-0.2, -0.15) is 0 Å². The molecule has 0 rings (SSSR count). The molecule has 0 aliphatic heterocycles. The van der Waals surface area contributed by atoms with E-state index in [1.54, 1.807) is 0 Å². The maximum absolute atomic E-state index is 7.50. The summed E-state index contributed by atoms with van der Waals surface area (Å²) in [6.07, 6.45) is 0. The normalized spacial score (nSPS) is 0.800. The molecule has 134 valence electrons. The molecule has 0 atom stereocenters. The summed E-state index contributed by atoms with van der Waals surface area (Å²) in [6, 6.07) is 0. The first-order valence-corrected chi connectivity index (χ1v) is 2.04. The maximum Gasteiger partial charge on any atom is 0 e. The van der Waals surface area contributed by atoms with E-state index in [0.29, 0.717) is 0 Å². The third-order valence-electron chi connectivity index (χ3n) is 0. The molecule has 0 aromatic rings. The third-order valence-corrected chi connectivity index (χ3v) is 0. The summed E-state index contributed by atoms with van der Waals surface area (Å²) in [5.74, 6) is 0. The quantitative estimate of drug-likeness (QED) is 0.184. The summed E-state index contributed by atoms with van der Waals surface area (Å²) >= 11 is 0. The Labute approximate surface area is 197 Å². The smallest absolute Gasteiger partial charge is 0 e. The SMILES string of the molecule is [C-]#[O+].[C-]#[O+].[C-]#[O+].[C-]#[O+].[C-]#[O+].[C-]#[O+].[C-]#[O+].[C-]#[O+].[C-]#[O+].[C-]#[O+].[Cr].[Mn].[Mn].[Se-].[Se-]. The molecule has 0 fully saturated rings. The summed E-state index contributed by atoms with van der Waals surface area (Å²) in [4.78, 5) is 0. The van der Waals surface area contributed by atoms with Crippen molar-refractivity contribution < 1.29 is 98.0 Å². The van der Waals surface area contributed by atoms with Crippen LogP contribution in [0.3, 0.4) is 0 Å². The standard InChI is InChI=1S/10CO.Cr.2Mn.2Se/c10*1-2;;;;;/q;;;;;;;;;;;;;2*-1. The van der Waals surface area contributed by atoms with Crippen molar-refractivity contribution in [1.29, 1.82) is 0 Å². The average Bonchev–Trinajstić information content (AvgIpc) is 2.71. The molecule has 0 bridgehead atoms. The molecule has 0 aromatic carbocycles. The van der Waals surface area contributed by atoms with Gasteiger partial charge in [0.15, 0.2) is 0 Å². The second-order valence-corrected chi connectivity index (χ2v) is 0. The van der Waals surface area contributed by atoms with Gasteiger partial charge in [0.2, 0.25) is 0 Å². The van der Waals surface area contributed by atoms with Crippen LogP contribution in [-0.4, -0.2) is 34.1 Å². The van der Waals surface area contributed by atoms with Gasteiger partial charge < -0.3 is 34.1 Å². The summed E-state index contributed by atoms with van der Waals surface area (Å²) < 4.78 is 75.0. The van der Waals surface area contributed by atoms with Crippen LogP contribution >= 0.6 is 0 Å². The minimum atomic E-state index is 0. The van der Waals surface area contributed by atoms with E-state index < -0.39 is 0 Å². The van der Waals surface area contributed by atoms with Crippen molar-refractivity contribution in [2.75, 3.05) is 0 Å². The maximum atomic E-state index is 7.50. The van der Waals surface area contributed by atoms with Gasteiger partial charge in [-0.3, -0.25) is 0 Å². The van der Waals surface area contributed by atoms with E-state index in [2.05, 4.69) is 66.5 Å². The van der Waals surface area contributed by atoms with Gasteiger partial charge >= 0.3 is 113 Å². The Bertz CT molecular complexity index is 193. The molecule has 25 heavy (non-hydrogen) atoms. The number of hydrogen-bond donors (Lipinski definition) is 0. The molecule has 0 N–H and O–H groups in total. The zero-order valence-electron chi connectivity index (χ0n) is 11.1. The Morgan fingerprint density at radius 1 is 0.240 bits per heavy atom. The van der Waals surface area contributed by atoms with Gasteiger partial charge in [-0.1, -0.05) is 0 Å². The minimum Gasteiger partial charge on any atom is -1.00 e. The van der Waals surface area contributed by atoms with Crippen molar-refractivity contribution in [2.24, 2.45) is 0 Å². The topological polar surface area (TPSA) is 199 Å². The summed E-state index contributed by atoms with van der Waals surface area (Å²) in [5, 5.41) is 0. The Balaban J connectivity index is -0.00000000334. The molecule has 0 aromatic heterocycles. The van der Waals surface area contributed by atoms with Crippen LogP contribution in [-0.2, 0) is 98.0 Å². The van der Waals surface area contributed by atoms with E-state index in [9.17, 15) is 0 Å². The van der Waals surface area contributed by atoms with Gasteiger partial charge in [0.25, 0.3) is 0 Å². The fraction of sp³-hybridized carbons (Fsp3) is 0. The summed E-state index contributed by atoms with van der Waals surface area (Å²) in [5.41, 5.74) is 0. The Hall–Kier alpha value is 0.0104.